The minimum atomic E-state index is -3.62. The molecule has 7 nitrogen and oxygen atoms in total. The van der Waals surface area contributed by atoms with E-state index in [4.69, 9.17) is 11.6 Å². The topological polar surface area (TPSA) is 86.8 Å². The molecule has 0 unspecified atom stereocenters. The average Bonchev–Trinajstić information content (AvgIpc) is 2.63. The summed E-state index contributed by atoms with van der Waals surface area (Å²) in [5, 5.41) is 3.57. The van der Waals surface area contributed by atoms with Crippen LogP contribution in [0.2, 0.25) is 5.02 Å². The van der Waals surface area contributed by atoms with E-state index in [0.29, 0.717) is 10.7 Å². The molecule has 0 spiro atoms. The molecule has 1 atom stereocenters. The van der Waals surface area contributed by atoms with E-state index in [2.05, 4.69) is 5.32 Å². The highest BCUT2D eigenvalue weighted by molar-refractivity contribution is 7.88. The van der Waals surface area contributed by atoms with Gasteiger partial charge >= 0.3 is 0 Å². The van der Waals surface area contributed by atoms with Crippen molar-refractivity contribution in [2.75, 3.05) is 24.2 Å². The number of anilines is 1. The Morgan fingerprint density at radius 3 is 2.36 bits per heavy atom. The zero-order chi connectivity index (χ0) is 20.5. The van der Waals surface area contributed by atoms with E-state index in [1.165, 1.54) is 4.90 Å². The SMILES string of the molecule is C[C@@]1(C(=O)NC2CCCCC2)CN(S(C)(=O)=O)CC(=O)N1c1ccc(Cl)cc1. The quantitative estimate of drug-likeness (QED) is 0.797. The van der Waals surface area contributed by atoms with E-state index >= 15 is 0 Å². The maximum absolute atomic E-state index is 13.3. The molecular formula is C19H26ClN3O4S. The molecule has 0 aromatic heterocycles. The molecule has 1 saturated carbocycles. The number of halogens is 1. The third-order valence-electron chi connectivity index (χ3n) is 5.52. The average molecular weight is 428 g/mol. The number of piperazine rings is 1. The number of carbonyl (C=O) groups excluding carboxylic acids is 2. The molecule has 0 bridgehead atoms. The highest BCUT2D eigenvalue weighted by Crippen LogP contribution is 2.32. The number of rotatable bonds is 4. The molecular weight excluding hydrogens is 402 g/mol. The maximum Gasteiger partial charge on any atom is 0.247 e. The first-order valence-corrected chi connectivity index (χ1v) is 11.7. The molecule has 1 aliphatic heterocycles. The highest BCUT2D eigenvalue weighted by atomic mass is 35.5. The molecule has 1 aromatic carbocycles. The summed E-state index contributed by atoms with van der Waals surface area (Å²) in [7, 11) is -3.62. The van der Waals surface area contributed by atoms with Crippen molar-refractivity contribution in [1.82, 2.24) is 9.62 Å². The summed E-state index contributed by atoms with van der Waals surface area (Å²) in [6.07, 6.45) is 6.10. The van der Waals surface area contributed by atoms with Gasteiger partial charge in [0.2, 0.25) is 21.8 Å². The fourth-order valence-electron chi connectivity index (χ4n) is 3.98. The van der Waals surface area contributed by atoms with E-state index < -0.39 is 21.5 Å². The van der Waals surface area contributed by atoms with Gasteiger partial charge in [0.25, 0.3) is 0 Å². The van der Waals surface area contributed by atoms with E-state index in [1.54, 1.807) is 31.2 Å². The lowest BCUT2D eigenvalue weighted by molar-refractivity contribution is -0.133. The van der Waals surface area contributed by atoms with E-state index in [9.17, 15) is 18.0 Å². The molecule has 2 fully saturated rings. The van der Waals surface area contributed by atoms with Crippen LogP contribution in [-0.4, -0.2) is 55.5 Å². The predicted molar refractivity (Wildman–Crippen MR) is 109 cm³/mol. The Balaban J connectivity index is 1.96. The van der Waals surface area contributed by atoms with Gasteiger partial charge in [-0.3, -0.25) is 14.5 Å². The lowest BCUT2D eigenvalue weighted by Gasteiger charge is -2.47. The summed E-state index contributed by atoms with van der Waals surface area (Å²) < 4.78 is 25.3. The molecule has 154 valence electrons. The monoisotopic (exact) mass is 427 g/mol. The maximum atomic E-state index is 13.3. The van der Waals surface area contributed by atoms with Crippen LogP contribution in [0.1, 0.15) is 39.0 Å². The molecule has 28 heavy (non-hydrogen) atoms. The van der Waals surface area contributed by atoms with Crippen molar-refractivity contribution in [3.05, 3.63) is 29.3 Å². The number of nitrogens with one attached hydrogen (secondary N) is 1. The number of benzene rings is 1. The Morgan fingerprint density at radius 2 is 1.79 bits per heavy atom. The van der Waals surface area contributed by atoms with Crippen LogP contribution >= 0.6 is 11.6 Å². The number of carbonyl (C=O) groups is 2. The number of hydrogen-bond acceptors (Lipinski definition) is 4. The molecule has 1 heterocycles. The van der Waals surface area contributed by atoms with Crippen LogP contribution in [0.3, 0.4) is 0 Å². The van der Waals surface area contributed by atoms with Crippen molar-refractivity contribution in [2.24, 2.45) is 0 Å². The van der Waals surface area contributed by atoms with Crippen LogP contribution in [0.4, 0.5) is 5.69 Å². The van der Waals surface area contributed by atoms with E-state index in [1.807, 2.05) is 0 Å². The van der Waals surface area contributed by atoms with Gasteiger partial charge in [-0.2, -0.15) is 4.31 Å². The second-order valence-electron chi connectivity index (χ2n) is 7.82. The van der Waals surface area contributed by atoms with Gasteiger partial charge < -0.3 is 5.32 Å². The number of amides is 2. The molecule has 9 heteroatoms. The van der Waals surface area contributed by atoms with Gasteiger partial charge in [-0.15, -0.1) is 0 Å². The first-order valence-electron chi connectivity index (χ1n) is 9.46. The smallest absolute Gasteiger partial charge is 0.247 e. The van der Waals surface area contributed by atoms with Crippen LogP contribution in [-0.2, 0) is 19.6 Å². The molecule has 2 amide bonds. The van der Waals surface area contributed by atoms with Crippen LogP contribution in [0, 0.1) is 0 Å². The third-order valence-corrected chi connectivity index (χ3v) is 6.97. The highest BCUT2D eigenvalue weighted by Gasteiger charge is 2.50. The molecule has 1 aromatic rings. The number of sulfonamides is 1. The zero-order valence-corrected chi connectivity index (χ0v) is 17.7. The molecule has 1 aliphatic carbocycles. The van der Waals surface area contributed by atoms with E-state index in [0.717, 1.165) is 42.7 Å². The Bertz CT molecular complexity index is 852. The summed E-state index contributed by atoms with van der Waals surface area (Å²) >= 11 is 5.96. The number of nitrogens with zero attached hydrogens (tertiary/aromatic N) is 2. The van der Waals surface area contributed by atoms with Crippen molar-refractivity contribution in [1.29, 1.82) is 0 Å². The predicted octanol–water partition coefficient (Wildman–Crippen LogP) is 2.16. The fourth-order valence-corrected chi connectivity index (χ4v) is 4.94. The Hall–Kier alpha value is -1.64. The lowest BCUT2D eigenvalue weighted by Crippen LogP contribution is -2.70. The Morgan fingerprint density at radius 1 is 1.18 bits per heavy atom. The summed E-state index contributed by atoms with van der Waals surface area (Å²) in [6, 6.07) is 6.68. The van der Waals surface area contributed by atoms with Gasteiger partial charge in [0, 0.05) is 23.3 Å². The van der Waals surface area contributed by atoms with Crippen molar-refractivity contribution in [2.45, 2.75) is 50.6 Å². The second kappa shape index (κ2) is 8.00. The van der Waals surface area contributed by atoms with Crippen molar-refractivity contribution in [3.63, 3.8) is 0 Å². The summed E-state index contributed by atoms with van der Waals surface area (Å²) in [5.74, 6) is -0.781. The third kappa shape index (κ3) is 4.34. The molecule has 3 rings (SSSR count). The van der Waals surface area contributed by atoms with Crippen LogP contribution < -0.4 is 10.2 Å². The molecule has 0 radical (unpaired) electrons. The zero-order valence-electron chi connectivity index (χ0n) is 16.2. The summed E-state index contributed by atoms with van der Waals surface area (Å²) in [4.78, 5) is 27.7. The van der Waals surface area contributed by atoms with Crippen molar-refractivity contribution < 1.29 is 18.0 Å². The van der Waals surface area contributed by atoms with Gasteiger partial charge in [0.1, 0.15) is 5.54 Å². The fraction of sp³-hybridized carbons (Fsp3) is 0.579. The van der Waals surface area contributed by atoms with Crippen LogP contribution in [0.15, 0.2) is 24.3 Å². The van der Waals surface area contributed by atoms with E-state index in [-0.39, 0.29) is 25.0 Å². The van der Waals surface area contributed by atoms with Gasteiger partial charge in [0.15, 0.2) is 0 Å². The minimum Gasteiger partial charge on any atom is -0.351 e. The minimum absolute atomic E-state index is 0.0499. The summed E-state index contributed by atoms with van der Waals surface area (Å²) in [6.45, 7) is 1.22. The van der Waals surface area contributed by atoms with Crippen LogP contribution in [0.5, 0.6) is 0 Å². The Kier molecular flexibility index (Phi) is 6.03. The Labute approximate surface area is 171 Å². The first kappa shape index (κ1) is 21.1. The lowest BCUT2D eigenvalue weighted by atomic mass is 9.91. The largest absolute Gasteiger partial charge is 0.351 e. The standard InChI is InChI=1S/C19H26ClN3O4S/c1-19(18(25)21-15-6-4-3-5-7-15)13-22(28(2,26)27)12-17(24)23(19)16-10-8-14(20)9-11-16/h8-11,15H,3-7,12-13H2,1-2H3,(H,21,25)/t19-/m0/s1. The van der Waals surface area contributed by atoms with Crippen LogP contribution in [0.25, 0.3) is 0 Å². The normalized spacial score (nSPS) is 25.0. The second-order valence-corrected chi connectivity index (χ2v) is 10.2. The molecule has 1 N–H and O–H groups in total. The molecule has 1 saturated heterocycles. The molecule has 2 aliphatic rings. The van der Waals surface area contributed by atoms with Gasteiger partial charge in [-0.25, -0.2) is 8.42 Å². The van der Waals surface area contributed by atoms with Crippen molar-refractivity contribution >= 4 is 39.1 Å². The summed E-state index contributed by atoms with van der Waals surface area (Å²) in [5.41, 5.74) is -0.840. The van der Waals surface area contributed by atoms with Gasteiger partial charge in [0.05, 0.1) is 12.8 Å². The van der Waals surface area contributed by atoms with Gasteiger partial charge in [-0.05, 0) is 44.0 Å². The van der Waals surface area contributed by atoms with Gasteiger partial charge in [-0.1, -0.05) is 30.9 Å². The first-order chi connectivity index (χ1) is 13.1. The number of hydrogen-bond donors (Lipinski definition) is 1. The van der Waals surface area contributed by atoms with Crippen molar-refractivity contribution in [3.8, 4) is 0 Å².